The lowest BCUT2D eigenvalue weighted by atomic mass is 9.83. The van der Waals surface area contributed by atoms with E-state index >= 15 is 0 Å². The van der Waals surface area contributed by atoms with Crippen LogP contribution < -0.4 is 5.32 Å². The first kappa shape index (κ1) is 42.8. The molecule has 2 unspecified atom stereocenters. The van der Waals surface area contributed by atoms with Crippen molar-refractivity contribution in [1.82, 2.24) is 10.2 Å². The van der Waals surface area contributed by atoms with E-state index in [1.165, 1.54) is 65.2 Å². The largest absolute Gasteiger partial charge is 0.508 e. The highest BCUT2D eigenvalue weighted by atomic mass is 32.2. The Morgan fingerprint density at radius 3 is 1.88 bits per heavy atom. The normalized spacial score (nSPS) is 16.0. The molecule has 2 heterocycles. The van der Waals surface area contributed by atoms with Crippen LogP contribution in [0.2, 0.25) is 0 Å². The van der Waals surface area contributed by atoms with Crippen LogP contribution in [0.5, 0.6) is 0 Å². The summed E-state index contributed by atoms with van der Waals surface area (Å²) in [5, 5.41) is 24.3. The number of amides is 2. The number of hydrogen-bond acceptors (Lipinski definition) is 14. The third kappa shape index (κ3) is 10.8. The van der Waals surface area contributed by atoms with E-state index in [0.29, 0.717) is 28.2 Å². The maximum atomic E-state index is 14.2. The number of hydrogen-bond donors (Lipinski definition) is 1. The van der Waals surface area contributed by atoms with Crippen molar-refractivity contribution < 1.29 is 52.7 Å². The van der Waals surface area contributed by atoms with Crippen molar-refractivity contribution in [3.63, 3.8) is 0 Å². The SMILES string of the molecule is CC(OC(=O)OCc1ccc([N+](=O)[O-])cc1)C1C(=O)N2C(C(=O)OC(c3ccccc3)c3ccccc3)=C(SCCOCCNC(=O)OCc3ccc([N+](=O)[O-])cc3)C[C@H]12. The molecule has 4 aromatic rings. The molecule has 1 fully saturated rings. The van der Waals surface area contributed by atoms with E-state index in [9.17, 15) is 39.4 Å². The fourth-order valence-corrected chi connectivity index (χ4v) is 7.72. The minimum Gasteiger partial charge on any atom is -0.448 e. The van der Waals surface area contributed by atoms with Crippen LogP contribution in [0.25, 0.3) is 0 Å². The van der Waals surface area contributed by atoms with Gasteiger partial charge in [-0.15, -0.1) is 11.8 Å². The standard InChI is InChI=1S/C42H40N4O13S/c1-27(58-42(50)57-26-29-14-18-33(19-15-29)46(53)54)36-34-24-35(60-23-22-55-21-20-43-41(49)56-25-28-12-16-32(17-13-28)45(51)52)37(44(34)39(36)47)40(48)59-38(30-8-4-2-5-9-30)31-10-6-3-7-11-31/h2-19,27,34,36,38H,20-26H2,1H3,(H,43,49)/t27?,34-,36?/m1/s1. The van der Waals surface area contributed by atoms with Gasteiger partial charge in [0.05, 0.1) is 35.0 Å². The number of nitro benzene ring substituents is 2. The molecular formula is C42H40N4O13S. The average molecular weight is 841 g/mol. The van der Waals surface area contributed by atoms with E-state index < -0.39 is 58.1 Å². The Hall–Kier alpha value is -6.79. The van der Waals surface area contributed by atoms with Crippen LogP contribution in [0.15, 0.2) is 120 Å². The van der Waals surface area contributed by atoms with Crippen LogP contribution in [0.3, 0.4) is 0 Å². The second-order valence-corrected chi connectivity index (χ2v) is 14.7. The Balaban J connectivity index is 1.05. The molecule has 2 aliphatic rings. The number of β-lactam (4-membered cyclic amide) rings is 1. The molecule has 1 saturated heterocycles. The zero-order valence-electron chi connectivity index (χ0n) is 32.2. The monoisotopic (exact) mass is 840 g/mol. The van der Waals surface area contributed by atoms with Gasteiger partial charge in [0.1, 0.15) is 25.0 Å². The highest BCUT2D eigenvalue weighted by Gasteiger charge is 2.58. The summed E-state index contributed by atoms with van der Waals surface area (Å²) in [6.07, 6.45) is -3.10. The van der Waals surface area contributed by atoms with Gasteiger partial charge in [0.15, 0.2) is 6.10 Å². The quantitative estimate of drug-likeness (QED) is 0.0251. The first-order chi connectivity index (χ1) is 29.0. The van der Waals surface area contributed by atoms with E-state index in [0.717, 1.165) is 11.1 Å². The number of ether oxygens (including phenoxy) is 5. The molecule has 312 valence electrons. The first-order valence-corrected chi connectivity index (χ1v) is 19.8. The Morgan fingerprint density at radius 1 is 0.783 bits per heavy atom. The summed E-state index contributed by atoms with van der Waals surface area (Å²) in [6, 6.07) is 29.1. The first-order valence-electron chi connectivity index (χ1n) is 18.8. The van der Waals surface area contributed by atoms with Crippen LogP contribution >= 0.6 is 11.8 Å². The molecule has 0 saturated carbocycles. The van der Waals surface area contributed by atoms with Gasteiger partial charge in [0, 0.05) is 47.9 Å². The van der Waals surface area contributed by atoms with Gasteiger partial charge < -0.3 is 33.9 Å². The van der Waals surface area contributed by atoms with E-state index in [-0.39, 0.29) is 50.0 Å². The summed E-state index contributed by atoms with van der Waals surface area (Å²) < 4.78 is 27.7. The number of fused-ring (bicyclic) bond motifs is 1. The number of alkyl carbamates (subject to hydrolysis) is 1. The number of esters is 1. The van der Waals surface area contributed by atoms with Gasteiger partial charge in [-0.3, -0.25) is 25.0 Å². The summed E-state index contributed by atoms with van der Waals surface area (Å²) in [6.45, 7) is 1.83. The number of nitrogens with one attached hydrogen (secondary N) is 1. The number of thioether (sulfide) groups is 1. The highest BCUT2D eigenvalue weighted by molar-refractivity contribution is 8.03. The number of carbonyl (C=O) groups excluding carboxylic acids is 4. The van der Waals surface area contributed by atoms with Crippen molar-refractivity contribution in [3.8, 4) is 0 Å². The van der Waals surface area contributed by atoms with Gasteiger partial charge in [-0.05, 0) is 53.4 Å². The highest BCUT2D eigenvalue weighted by Crippen LogP contribution is 2.48. The molecular weight excluding hydrogens is 801 g/mol. The summed E-state index contributed by atoms with van der Waals surface area (Å²) in [4.78, 5) is 75.4. The third-order valence-electron chi connectivity index (χ3n) is 9.62. The van der Waals surface area contributed by atoms with Crippen LogP contribution in [0, 0.1) is 26.1 Å². The maximum Gasteiger partial charge on any atom is 0.508 e. The molecule has 0 aliphatic carbocycles. The molecule has 3 atom stereocenters. The lowest BCUT2D eigenvalue weighted by molar-refractivity contribution is -0.385. The Kier molecular flexibility index (Phi) is 14.5. The maximum absolute atomic E-state index is 14.2. The van der Waals surface area contributed by atoms with Gasteiger partial charge in [-0.25, -0.2) is 14.4 Å². The lowest BCUT2D eigenvalue weighted by Gasteiger charge is -2.45. The van der Waals surface area contributed by atoms with Crippen LogP contribution in [-0.4, -0.2) is 76.5 Å². The second kappa shape index (κ2) is 20.3. The summed E-state index contributed by atoms with van der Waals surface area (Å²) in [5.74, 6) is -1.51. The zero-order valence-corrected chi connectivity index (χ0v) is 33.0. The number of non-ortho nitro benzene ring substituents is 2. The Bertz CT molecular complexity index is 2170. The average Bonchev–Trinajstić information content (AvgIpc) is 3.58. The molecule has 0 bridgehead atoms. The molecule has 17 nitrogen and oxygen atoms in total. The number of carbonyl (C=O) groups is 4. The van der Waals surface area contributed by atoms with E-state index in [4.69, 9.17) is 23.7 Å². The van der Waals surface area contributed by atoms with Gasteiger partial charge in [-0.1, -0.05) is 60.7 Å². The zero-order chi connectivity index (χ0) is 42.6. The topological polar surface area (TPSA) is 216 Å². The molecule has 18 heteroatoms. The molecule has 1 N–H and O–H groups in total. The summed E-state index contributed by atoms with van der Waals surface area (Å²) >= 11 is 1.33. The summed E-state index contributed by atoms with van der Waals surface area (Å²) in [5.41, 5.74) is 2.49. The third-order valence-corrected chi connectivity index (χ3v) is 10.7. The van der Waals surface area contributed by atoms with Crippen molar-refractivity contribution in [2.45, 2.75) is 44.8 Å². The van der Waals surface area contributed by atoms with Crippen LogP contribution in [-0.2, 0) is 46.5 Å². The molecule has 6 rings (SSSR count). The van der Waals surface area contributed by atoms with Crippen molar-refractivity contribution >= 4 is 47.3 Å². The molecule has 4 aromatic carbocycles. The van der Waals surface area contributed by atoms with Gasteiger partial charge in [-0.2, -0.15) is 0 Å². The summed E-state index contributed by atoms with van der Waals surface area (Å²) in [7, 11) is 0. The lowest BCUT2D eigenvalue weighted by Crippen LogP contribution is -2.62. The minimum absolute atomic E-state index is 0.0688. The number of nitrogens with zero attached hydrogens (tertiary/aromatic N) is 3. The fourth-order valence-electron chi connectivity index (χ4n) is 6.66. The van der Waals surface area contributed by atoms with Crippen LogP contribution in [0.1, 0.15) is 41.7 Å². The van der Waals surface area contributed by atoms with E-state index in [1.54, 1.807) is 6.92 Å². The molecule has 0 radical (unpaired) electrons. The second-order valence-electron chi connectivity index (χ2n) is 13.6. The van der Waals surface area contributed by atoms with Gasteiger partial charge in [0.25, 0.3) is 11.4 Å². The van der Waals surface area contributed by atoms with Gasteiger partial charge in [0.2, 0.25) is 5.91 Å². The van der Waals surface area contributed by atoms with E-state index in [2.05, 4.69) is 5.32 Å². The van der Waals surface area contributed by atoms with Crippen molar-refractivity contribution in [2.24, 2.45) is 5.92 Å². The smallest absolute Gasteiger partial charge is 0.448 e. The predicted octanol–water partition coefficient (Wildman–Crippen LogP) is 7.00. The van der Waals surface area contributed by atoms with Crippen molar-refractivity contribution in [2.75, 3.05) is 25.5 Å². The molecule has 0 aromatic heterocycles. The van der Waals surface area contributed by atoms with Crippen molar-refractivity contribution in [3.05, 3.63) is 162 Å². The molecule has 2 aliphatic heterocycles. The van der Waals surface area contributed by atoms with E-state index in [1.807, 2.05) is 60.7 Å². The fraction of sp³-hybridized carbons (Fsp3) is 0.286. The molecule has 60 heavy (non-hydrogen) atoms. The molecule has 0 spiro atoms. The Morgan fingerprint density at radius 2 is 1.33 bits per heavy atom. The minimum atomic E-state index is -1.02. The number of rotatable bonds is 19. The van der Waals surface area contributed by atoms with Crippen molar-refractivity contribution in [1.29, 1.82) is 0 Å². The van der Waals surface area contributed by atoms with Crippen LogP contribution in [0.4, 0.5) is 21.0 Å². The molecule has 2 amide bonds. The predicted molar refractivity (Wildman–Crippen MR) is 215 cm³/mol. The number of benzene rings is 4. The Labute approximate surface area is 347 Å². The number of nitro groups is 2. The van der Waals surface area contributed by atoms with Gasteiger partial charge >= 0.3 is 18.2 Å².